The summed E-state index contributed by atoms with van der Waals surface area (Å²) in [6.07, 6.45) is -0.817. The Morgan fingerprint density at radius 3 is 2.33 bits per heavy atom. The molecule has 0 aromatic heterocycles. The number of hydrogen-bond acceptors (Lipinski definition) is 7. The minimum absolute atomic E-state index is 0.0430. The summed E-state index contributed by atoms with van der Waals surface area (Å²) in [5, 5.41) is 8.31. The molecular weight excluding hydrogens is 308 g/mol. The summed E-state index contributed by atoms with van der Waals surface area (Å²) in [5.74, 6) is -2.18. The normalized spacial score (nSPS) is 17.0. The molecule has 1 rings (SSSR count). The zero-order valence-electron chi connectivity index (χ0n) is 11.3. The van der Waals surface area contributed by atoms with Crippen LogP contribution in [-0.4, -0.2) is 62.7 Å². The summed E-state index contributed by atoms with van der Waals surface area (Å²) >= 11 is 0. The van der Waals surface area contributed by atoms with E-state index in [1.807, 2.05) is 0 Å². The number of piperidine rings is 1. The highest BCUT2D eigenvalue weighted by atomic mass is 32.2. The maximum atomic E-state index is 11.8. The molecule has 1 heterocycles. The molecule has 120 valence electrons. The van der Waals surface area contributed by atoms with Gasteiger partial charge in [0.25, 0.3) is 0 Å². The zero-order valence-corrected chi connectivity index (χ0v) is 12.1. The van der Waals surface area contributed by atoms with Gasteiger partial charge in [0, 0.05) is 13.1 Å². The molecule has 1 saturated heterocycles. The monoisotopic (exact) mass is 324 g/mol. The Morgan fingerprint density at radius 2 is 1.86 bits per heavy atom. The molecule has 0 atom stereocenters. The number of carbonyl (C=O) groups is 3. The van der Waals surface area contributed by atoms with E-state index in [2.05, 4.69) is 9.47 Å². The van der Waals surface area contributed by atoms with E-state index in [0.29, 0.717) is 0 Å². The molecule has 11 heteroatoms. The summed E-state index contributed by atoms with van der Waals surface area (Å²) < 4.78 is 35.0. The first kappa shape index (κ1) is 17.2. The minimum Gasteiger partial charge on any atom is -0.479 e. The third-order valence-corrected chi connectivity index (χ3v) is 4.34. The van der Waals surface area contributed by atoms with Crippen LogP contribution in [0.15, 0.2) is 0 Å². The van der Waals surface area contributed by atoms with Gasteiger partial charge in [0.1, 0.15) is 0 Å². The standard InChI is InChI=1S/C10H16N2O8S/c1-19-9(15)7-2-4-12(5-3-7)21(17,18)11-10(16)20-6-8(13)14/h7H,2-6H2,1H3,(H,11,16)(H,13,14). The highest BCUT2D eigenvalue weighted by molar-refractivity contribution is 7.87. The van der Waals surface area contributed by atoms with E-state index < -0.39 is 34.8 Å². The van der Waals surface area contributed by atoms with Gasteiger partial charge in [-0.2, -0.15) is 12.7 Å². The Bertz CT molecular complexity index is 509. The second kappa shape index (κ2) is 7.22. The number of amides is 1. The van der Waals surface area contributed by atoms with Crippen molar-refractivity contribution in [3.63, 3.8) is 0 Å². The predicted octanol–water partition coefficient (Wildman–Crippen LogP) is -1.07. The fraction of sp³-hybridized carbons (Fsp3) is 0.700. The van der Waals surface area contributed by atoms with Crippen molar-refractivity contribution in [1.29, 1.82) is 0 Å². The highest BCUT2D eigenvalue weighted by Gasteiger charge is 2.32. The van der Waals surface area contributed by atoms with Gasteiger partial charge in [0.2, 0.25) is 0 Å². The van der Waals surface area contributed by atoms with Gasteiger partial charge in [-0.05, 0) is 12.8 Å². The molecule has 10 nitrogen and oxygen atoms in total. The number of nitrogens with one attached hydrogen (secondary N) is 1. The van der Waals surface area contributed by atoms with E-state index >= 15 is 0 Å². The smallest absolute Gasteiger partial charge is 0.422 e. The predicted molar refractivity (Wildman–Crippen MR) is 67.4 cm³/mol. The maximum absolute atomic E-state index is 11.8. The van der Waals surface area contributed by atoms with Gasteiger partial charge in [-0.15, -0.1) is 0 Å². The van der Waals surface area contributed by atoms with Crippen LogP contribution in [-0.2, 0) is 29.3 Å². The van der Waals surface area contributed by atoms with E-state index in [-0.39, 0.29) is 31.8 Å². The van der Waals surface area contributed by atoms with Crippen molar-refractivity contribution in [1.82, 2.24) is 9.03 Å². The molecule has 0 saturated carbocycles. The number of aliphatic carboxylic acids is 1. The summed E-state index contributed by atoms with van der Waals surface area (Å²) in [4.78, 5) is 32.7. The van der Waals surface area contributed by atoms with E-state index in [0.717, 1.165) is 4.31 Å². The van der Waals surface area contributed by atoms with Crippen molar-refractivity contribution >= 4 is 28.2 Å². The van der Waals surface area contributed by atoms with Gasteiger partial charge in [0.15, 0.2) is 6.61 Å². The molecule has 0 spiro atoms. The third kappa shape index (κ3) is 5.19. The molecule has 0 aromatic rings. The van der Waals surface area contributed by atoms with Gasteiger partial charge >= 0.3 is 28.2 Å². The molecule has 1 aliphatic heterocycles. The van der Waals surface area contributed by atoms with Gasteiger partial charge < -0.3 is 14.6 Å². The molecule has 1 fully saturated rings. The Kier molecular flexibility index (Phi) is 5.90. The van der Waals surface area contributed by atoms with Crippen LogP contribution in [0.3, 0.4) is 0 Å². The van der Waals surface area contributed by atoms with Crippen LogP contribution < -0.4 is 4.72 Å². The molecule has 0 aliphatic carbocycles. The average Bonchev–Trinajstić information content (AvgIpc) is 2.44. The average molecular weight is 324 g/mol. The zero-order chi connectivity index (χ0) is 16.0. The Labute approximate surface area is 121 Å². The quantitative estimate of drug-likeness (QED) is 0.609. The number of ether oxygens (including phenoxy) is 2. The Balaban J connectivity index is 2.51. The fourth-order valence-corrected chi connectivity index (χ4v) is 2.92. The Hall–Kier alpha value is -1.88. The number of carboxylic acid groups (broad SMARTS) is 1. The molecule has 1 aliphatic rings. The van der Waals surface area contributed by atoms with Crippen LogP contribution in [0.4, 0.5) is 4.79 Å². The summed E-state index contributed by atoms with van der Waals surface area (Å²) in [7, 11) is -2.87. The first-order chi connectivity index (χ1) is 9.76. The van der Waals surface area contributed by atoms with E-state index in [9.17, 15) is 22.8 Å². The topological polar surface area (TPSA) is 139 Å². The lowest BCUT2D eigenvalue weighted by Crippen LogP contribution is -2.48. The summed E-state index contributed by atoms with van der Waals surface area (Å²) in [6, 6.07) is 0. The van der Waals surface area contributed by atoms with Crippen LogP contribution in [0.1, 0.15) is 12.8 Å². The van der Waals surface area contributed by atoms with Crippen molar-refractivity contribution < 1.29 is 37.4 Å². The van der Waals surface area contributed by atoms with Gasteiger partial charge in [-0.25, -0.2) is 14.3 Å². The molecule has 0 bridgehead atoms. The molecule has 0 unspecified atom stereocenters. The summed E-state index contributed by atoms with van der Waals surface area (Å²) in [5.41, 5.74) is 0. The largest absolute Gasteiger partial charge is 0.479 e. The van der Waals surface area contributed by atoms with Crippen molar-refractivity contribution in [2.24, 2.45) is 5.92 Å². The molecule has 0 radical (unpaired) electrons. The molecule has 1 amide bonds. The van der Waals surface area contributed by atoms with Crippen molar-refractivity contribution in [3.05, 3.63) is 0 Å². The highest BCUT2D eigenvalue weighted by Crippen LogP contribution is 2.20. The minimum atomic E-state index is -4.12. The lowest BCUT2D eigenvalue weighted by molar-refractivity contribution is -0.146. The van der Waals surface area contributed by atoms with E-state index in [4.69, 9.17) is 5.11 Å². The maximum Gasteiger partial charge on any atom is 0.422 e. The fourth-order valence-electron chi connectivity index (χ4n) is 1.83. The van der Waals surface area contributed by atoms with Crippen LogP contribution in [0, 0.1) is 5.92 Å². The van der Waals surface area contributed by atoms with Crippen molar-refractivity contribution in [3.8, 4) is 0 Å². The van der Waals surface area contributed by atoms with Crippen molar-refractivity contribution in [2.75, 3.05) is 26.8 Å². The number of rotatable bonds is 5. The molecular formula is C10H16N2O8S. The lowest BCUT2D eigenvalue weighted by Gasteiger charge is -2.29. The third-order valence-electron chi connectivity index (χ3n) is 2.87. The molecule has 2 N–H and O–H groups in total. The van der Waals surface area contributed by atoms with Crippen molar-refractivity contribution in [2.45, 2.75) is 12.8 Å². The van der Waals surface area contributed by atoms with Crippen LogP contribution in [0.5, 0.6) is 0 Å². The van der Waals surface area contributed by atoms with Crippen LogP contribution in [0.25, 0.3) is 0 Å². The second-order valence-electron chi connectivity index (χ2n) is 4.27. The van der Waals surface area contributed by atoms with E-state index in [1.54, 1.807) is 4.72 Å². The Morgan fingerprint density at radius 1 is 1.29 bits per heavy atom. The number of carboxylic acids is 1. The molecule has 0 aromatic carbocycles. The van der Waals surface area contributed by atoms with Gasteiger partial charge in [0.05, 0.1) is 13.0 Å². The van der Waals surface area contributed by atoms with E-state index in [1.165, 1.54) is 7.11 Å². The number of carbonyl (C=O) groups excluding carboxylic acids is 2. The molecule has 21 heavy (non-hydrogen) atoms. The SMILES string of the molecule is COC(=O)C1CCN(S(=O)(=O)NC(=O)OCC(=O)O)CC1. The number of hydrogen-bond donors (Lipinski definition) is 2. The van der Waals surface area contributed by atoms with Gasteiger partial charge in [-0.1, -0.05) is 0 Å². The second-order valence-corrected chi connectivity index (χ2v) is 5.94. The number of methoxy groups -OCH3 is 1. The first-order valence-corrected chi connectivity index (χ1v) is 7.44. The summed E-state index contributed by atoms with van der Waals surface area (Å²) in [6.45, 7) is -0.853. The van der Waals surface area contributed by atoms with Crippen LogP contribution in [0.2, 0.25) is 0 Å². The number of nitrogens with zero attached hydrogens (tertiary/aromatic N) is 1. The first-order valence-electron chi connectivity index (χ1n) is 6.00. The lowest BCUT2D eigenvalue weighted by atomic mass is 9.99. The number of esters is 1. The van der Waals surface area contributed by atoms with Gasteiger partial charge in [-0.3, -0.25) is 4.79 Å². The van der Waals surface area contributed by atoms with Crippen LogP contribution >= 0.6 is 0 Å².